The highest BCUT2D eigenvalue weighted by Crippen LogP contribution is 1.64. The molecule has 0 aromatic heterocycles. The lowest BCUT2D eigenvalue weighted by Gasteiger charge is -1.64. The molecule has 2 N–H and O–H groups in total. The molecule has 0 unspecified atom stereocenters. The fourth-order valence-electron chi connectivity index (χ4n) is 0. The van der Waals surface area contributed by atoms with Crippen LogP contribution in [-0.4, -0.2) is 9.49 Å². The summed E-state index contributed by atoms with van der Waals surface area (Å²) in [6.07, 6.45) is 0. The first-order valence-corrected chi connectivity index (χ1v) is 2.12. The maximum atomic E-state index is 7.92. The van der Waals surface area contributed by atoms with Gasteiger partial charge in [0.25, 0.3) is 0 Å². The van der Waals surface area contributed by atoms with E-state index in [0.717, 1.165) is 0 Å². The molecule has 30 valence electrons. The molecule has 0 fully saturated rings. The Balaban J connectivity index is 3.60. The van der Waals surface area contributed by atoms with E-state index < -0.39 is 0 Å². The fraction of sp³-hybridized carbons (Fsp3) is 0. The molecule has 0 aromatic carbocycles. The van der Waals surface area contributed by atoms with Crippen LogP contribution in [0.4, 0.5) is 0 Å². The monoisotopic (exact) mass is 109 g/mol. The minimum Gasteiger partial charge on any atom is -0.346 e. The van der Waals surface area contributed by atoms with Crippen LogP contribution < -0.4 is 0 Å². The van der Waals surface area contributed by atoms with Gasteiger partial charge in [-0.3, -0.25) is 0 Å². The molecule has 0 bridgehead atoms. The molecule has 0 saturated carbocycles. The molecule has 4 heteroatoms. The van der Waals surface area contributed by atoms with Gasteiger partial charge in [0.05, 0.1) is 0 Å². The standard InChI is InChI=1S/CH3NOS2/c2-5-1(3)4/h2-4H. The zero-order chi connectivity index (χ0) is 4.28. The zero-order valence-corrected chi connectivity index (χ0v) is 4.01. The first kappa shape index (κ1) is 5.20. The summed E-state index contributed by atoms with van der Waals surface area (Å²) in [5.41, 5.74) is 0. The van der Waals surface area contributed by atoms with Crippen LogP contribution in [-0.2, 0) is 11.1 Å². The lowest BCUT2D eigenvalue weighted by Crippen LogP contribution is -1.73. The molecule has 0 amide bonds. The van der Waals surface area contributed by atoms with Crippen molar-refractivity contribution >= 4 is 28.2 Å². The molecule has 0 spiro atoms. The number of nitrogens with one attached hydrogen (secondary N) is 1. The predicted octanol–water partition coefficient (Wildman–Crippen LogP) is 0.407. The van der Waals surface area contributed by atoms with Crippen molar-refractivity contribution in [2.24, 2.45) is 0 Å². The van der Waals surface area contributed by atoms with Crippen molar-refractivity contribution in [2.75, 3.05) is 0 Å². The first-order chi connectivity index (χ1) is 2.27. The molecule has 0 radical (unpaired) electrons. The maximum Gasteiger partial charge on any atom is 0.176 e. The molecule has 0 saturated heterocycles. The van der Waals surface area contributed by atoms with Crippen LogP contribution in [0.25, 0.3) is 0 Å². The van der Waals surface area contributed by atoms with Gasteiger partial charge in [-0.15, -0.1) is 12.6 Å². The molecule has 0 rings (SSSR count). The number of hydrogen-bond acceptors (Lipinski definition) is 1. The van der Waals surface area contributed by atoms with Gasteiger partial charge >= 0.3 is 0 Å². The normalized spacial score (nSPS) is 6.80. The largest absolute Gasteiger partial charge is 0.346 e. The molecule has 2 nitrogen and oxygen atoms in total. The third-order valence-electron chi connectivity index (χ3n) is 0.0913. The molecular formula is CH3NOS2. The molecule has 0 heterocycles. The van der Waals surface area contributed by atoms with Gasteiger partial charge < -0.3 is 5.11 Å². The summed E-state index contributed by atoms with van der Waals surface area (Å²) in [7, 11) is 0. The first-order valence-electron chi connectivity index (χ1n) is 0.855. The van der Waals surface area contributed by atoms with E-state index >= 15 is 0 Å². The summed E-state index contributed by atoms with van der Waals surface area (Å²) in [5, 5.41) is 7.92. The van der Waals surface area contributed by atoms with Gasteiger partial charge in [0.1, 0.15) is 0 Å². The summed E-state index contributed by atoms with van der Waals surface area (Å²) in [5.74, 6) is 0. The van der Waals surface area contributed by atoms with Gasteiger partial charge in [-0.25, -0.2) is 4.78 Å². The maximum absolute atomic E-state index is 7.92. The fourth-order valence-corrected chi connectivity index (χ4v) is 0. The van der Waals surface area contributed by atoms with Gasteiger partial charge in [-0.05, 0) is 11.1 Å². The van der Waals surface area contributed by atoms with E-state index in [1.807, 2.05) is 0 Å². The molecule has 0 atom stereocenters. The van der Waals surface area contributed by atoms with Crippen molar-refractivity contribution in [3.8, 4) is 0 Å². The van der Waals surface area contributed by atoms with Crippen LogP contribution in [0.15, 0.2) is 0 Å². The SMILES string of the molecule is N=S=C(O)S. The third-order valence-corrected chi connectivity index (χ3v) is 0.548. The smallest absolute Gasteiger partial charge is 0.176 e. The van der Waals surface area contributed by atoms with E-state index in [-0.39, 0.29) is 4.38 Å². The van der Waals surface area contributed by atoms with E-state index in [1.54, 1.807) is 0 Å². The minimum atomic E-state index is -0.218. The number of aliphatic hydroxyl groups is 1. The van der Waals surface area contributed by atoms with Crippen molar-refractivity contribution in [3.63, 3.8) is 0 Å². The average molecular weight is 109 g/mol. The van der Waals surface area contributed by atoms with Gasteiger partial charge in [0.2, 0.25) is 0 Å². The second kappa shape index (κ2) is 2.44. The van der Waals surface area contributed by atoms with Crippen molar-refractivity contribution in [1.29, 1.82) is 4.78 Å². The lowest BCUT2D eigenvalue weighted by atomic mass is 11.7. The Bertz CT molecular complexity index is 69.7. The Kier molecular flexibility index (Phi) is 2.54. The van der Waals surface area contributed by atoms with Crippen molar-refractivity contribution in [3.05, 3.63) is 0 Å². The van der Waals surface area contributed by atoms with Gasteiger partial charge in [-0.1, -0.05) is 0 Å². The van der Waals surface area contributed by atoms with Gasteiger partial charge in [0, 0.05) is 0 Å². The van der Waals surface area contributed by atoms with Crippen molar-refractivity contribution in [1.82, 2.24) is 0 Å². The van der Waals surface area contributed by atoms with Crippen LogP contribution >= 0.6 is 12.6 Å². The topological polar surface area (TPSA) is 44.1 Å². The Hall–Kier alpha value is 0.200. The third kappa shape index (κ3) is 4.20. The highest BCUT2D eigenvalue weighted by molar-refractivity contribution is 8.07. The van der Waals surface area contributed by atoms with E-state index in [2.05, 4.69) is 12.6 Å². The number of aliphatic hydroxyl groups excluding tert-OH is 1. The van der Waals surface area contributed by atoms with Crippen LogP contribution in [0.5, 0.6) is 0 Å². The Morgan fingerprint density at radius 1 is 2.00 bits per heavy atom. The quantitative estimate of drug-likeness (QED) is 0.306. The molecular weight excluding hydrogens is 106 g/mol. The molecule has 0 aliphatic rings. The number of thiol groups is 1. The summed E-state index contributed by atoms with van der Waals surface area (Å²) >= 11 is 3.81. The zero-order valence-electron chi connectivity index (χ0n) is 2.30. The summed E-state index contributed by atoms with van der Waals surface area (Å²) < 4.78 is 5.99. The van der Waals surface area contributed by atoms with E-state index in [4.69, 9.17) is 9.89 Å². The summed E-state index contributed by atoms with van der Waals surface area (Å²) in [4.78, 5) is 0. The Morgan fingerprint density at radius 2 is 2.20 bits per heavy atom. The molecule has 5 heavy (non-hydrogen) atoms. The van der Waals surface area contributed by atoms with Crippen molar-refractivity contribution in [2.45, 2.75) is 0 Å². The van der Waals surface area contributed by atoms with Gasteiger partial charge in [0.15, 0.2) is 4.38 Å². The average Bonchev–Trinajstić information content (AvgIpc) is 1.38. The van der Waals surface area contributed by atoms with E-state index in [9.17, 15) is 0 Å². The Morgan fingerprint density at radius 3 is 2.20 bits per heavy atom. The predicted molar refractivity (Wildman–Crippen MR) is 26.7 cm³/mol. The summed E-state index contributed by atoms with van der Waals surface area (Å²) in [6.45, 7) is 0. The molecule has 0 aliphatic carbocycles. The molecule has 0 aromatic rings. The highest BCUT2D eigenvalue weighted by atomic mass is 32.2. The summed E-state index contributed by atoms with van der Waals surface area (Å²) in [6, 6.07) is 0. The van der Waals surface area contributed by atoms with Crippen LogP contribution in [0.1, 0.15) is 0 Å². The second-order valence-corrected chi connectivity index (χ2v) is 1.70. The van der Waals surface area contributed by atoms with E-state index in [1.165, 1.54) is 0 Å². The number of rotatable bonds is 0. The minimum absolute atomic E-state index is 0.218. The lowest BCUT2D eigenvalue weighted by molar-refractivity contribution is 0.586. The second-order valence-electron chi connectivity index (χ2n) is 0.385. The highest BCUT2D eigenvalue weighted by Gasteiger charge is 1.63. The van der Waals surface area contributed by atoms with Crippen LogP contribution in [0, 0.1) is 4.78 Å². The van der Waals surface area contributed by atoms with Crippen molar-refractivity contribution < 1.29 is 5.11 Å². The van der Waals surface area contributed by atoms with E-state index in [0.29, 0.717) is 11.1 Å². The Labute approximate surface area is 38.7 Å². The van der Waals surface area contributed by atoms with Crippen LogP contribution in [0.3, 0.4) is 0 Å². The number of hydrogen-bond donors (Lipinski definition) is 3. The molecule has 0 aliphatic heterocycles. The van der Waals surface area contributed by atoms with Gasteiger partial charge in [-0.2, -0.15) is 0 Å². The van der Waals surface area contributed by atoms with Crippen LogP contribution in [0.2, 0.25) is 0 Å².